The summed E-state index contributed by atoms with van der Waals surface area (Å²) < 4.78 is -2.11. The molecule has 0 fully saturated rings. The summed E-state index contributed by atoms with van der Waals surface area (Å²) in [5, 5.41) is 15.4. The minimum Gasteiger partial charge on any atom is -0.248 e. The third-order valence-corrected chi connectivity index (χ3v) is 0.552. The Labute approximate surface area is 49.9 Å². The Morgan fingerprint density at radius 2 is 2.14 bits per heavy atom. The van der Waals surface area contributed by atoms with Gasteiger partial charge in [0.05, 0.1) is 0 Å². The number of rotatable bonds is 1. The van der Waals surface area contributed by atoms with Gasteiger partial charge < -0.3 is 0 Å². The molecule has 0 bridgehead atoms. The van der Waals surface area contributed by atoms with Gasteiger partial charge in [-0.2, -0.15) is 10.1 Å². The van der Waals surface area contributed by atoms with E-state index in [9.17, 15) is 0 Å². The van der Waals surface area contributed by atoms with Gasteiger partial charge in [-0.15, -0.1) is 0 Å². The number of nitrogens with zero attached hydrogens (tertiary/aromatic N) is 1. The Hall–Kier alpha value is -0.0100. The van der Waals surface area contributed by atoms with Crippen LogP contribution in [0.25, 0.3) is 0 Å². The molecule has 7 heavy (non-hydrogen) atoms. The summed E-state index contributed by atoms with van der Waals surface area (Å²) >= 11 is 9.67. The van der Waals surface area contributed by atoms with Gasteiger partial charge in [-0.25, -0.2) is 5.26 Å². The molecule has 0 unspecified atom stereocenters. The fraction of sp³-hybridized carbons (Fsp3) is 0.500. The first kappa shape index (κ1) is 6.99. The highest BCUT2D eigenvalue weighted by Crippen LogP contribution is 2.18. The van der Waals surface area contributed by atoms with Crippen molar-refractivity contribution in [3.63, 3.8) is 0 Å². The smallest absolute Gasteiger partial charge is 0.248 e. The standard InChI is InChI=1S/C2HCl2NO2/c3-2(4,1-5)7-6/h6H. The van der Waals surface area contributed by atoms with Crippen molar-refractivity contribution in [3.05, 3.63) is 0 Å². The molecule has 40 valence electrons. The summed E-state index contributed by atoms with van der Waals surface area (Å²) in [4.78, 5) is 3.26. The summed E-state index contributed by atoms with van der Waals surface area (Å²) in [6, 6.07) is 1.25. The monoisotopic (exact) mass is 141 g/mol. The van der Waals surface area contributed by atoms with Crippen molar-refractivity contribution in [1.82, 2.24) is 0 Å². The van der Waals surface area contributed by atoms with Crippen LogP contribution in [0.3, 0.4) is 0 Å². The SMILES string of the molecule is N#CC(Cl)(Cl)OO. The fourth-order valence-electron chi connectivity index (χ4n) is 0.0204. The molecule has 0 aliphatic rings. The van der Waals surface area contributed by atoms with Crippen LogP contribution in [-0.2, 0) is 4.89 Å². The van der Waals surface area contributed by atoms with Crippen LogP contribution in [0.15, 0.2) is 0 Å². The van der Waals surface area contributed by atoms with E-state index in [1.54, 1.807) is 0 Å². The molecule has 0 aromatic heterocycles. The Balaban J connectivity index is 3.66. The van der Waals surface area contributed by atoms with Gasteiger partial charge >= 0.3 is 4.52 Å². The lowest BCUT2D eigenvalue weighted by Gasteiger charge is -2.00. The molecule has 0 aromatic carbocycles. The molecule has 0 aliphatic heterocycles. The number of hydrogen-bond donors (Lipinski definition) is 1. The van der Waals surface area contributed by atoms with Gasteiger partial charge in [-0.3, -0.25) is 0 Å². The van der Waals surface area contributed by atoms with Crippen molar-refractivity contribution in [2.45, 2.75) is 4.52 Å². The van der Waals surface area contributed by atoms with E-state index in [2.05, 4.69) is 4.89 Å². The highest BCUT2D eigenvalue weighted by molar-refractivity contribution is 6.49. The number of nitriles is 1. The molecule has 3 nitrogen and oxygen atoms in total. The topological polar surface area (TPSA) is 53.2 Å². The van der Waals surface area contributed by atoms with E-state index in [-0.39, 0.29) is 0 Å². The van der Waals surface area contributed by atoms with Gasteiger partial charge in [0.15, 0.2) is 0 Å². The van der Waals surface area contributed by atoms with Crippen LogP contribution in [0, 0.1) is 11.3 Å². The lowest BCUT2D eigenvalue weighted by molar-refractivity contribution is -0.256. The lowest BCUT2D eigenvalue weighted by Crippen LogP contribution is -2.10. The summed E-state index contributed by atoms with van der Waals surface area (Å²) in [5.41, 5.74) is 0. The quantitative estimate of drug-likeness (QED) is 0.339. The van der Waals surface area contributed by atoms with Gasteiger partial charge in [-0.1, -0.05) is 23.2 Å². The van der Waals surface area contributed by atoms with Crippen molar-refractivity contribution in [2.24, 2.45) is 0 Å². The molecule has 1 N–H and O–H groups in total. The predicted octanol–water partition coefficient (Wildman–Crippen LogP) is 1.13. The van der Waals surface area contributed by atoms with Crippen LogP contribution in [0.1, 0.15) is 0 Å². The fourth-order valence-corrected chi connectivity index (χ4v) is 0.0204. The van der Waals surface area contributed by atoms with Crippen molar-refractivity contribution in [3.8, 4) is 6.07 Å². The Kier molecular flexibility index (Phi) is 2.33. The minimum absolute atomic E-state index is 1.25. The van der Waals surface area contributed by atoms with Crippen molar-refractivity contribution in [2.75, 3.05) is 0 Å². The van der Waals surface area contributed by atoms with Gasteiger partial charge in [-0.05, 0) is 0 Å². The van der Waals surface area contributed by atoms with Crippen LogP contribution in [0.5, 0.6) is 0 Å². The molecule has 5 heteroatoms. The maximum atomic E-state index is 7.80. The molecule has 0 atom stereocenters. The van der Waals surface area contributed by atoms with E-state index in [0.717, 1.165) is 0 Å². The molecule has 0 saturated carbocycles. The second-order valence-electron chi connectivity index (χ2n) is 0.720. The number of hydrogen-bond acceptors (Lipinski definition) is 3. The van der Waals surface area contributed by atoms with Crippen LogP contribution >= 0.6 is 23.2 Å². The molecule has 0 radical (unpaired) electrons. The molecule has 0 aromatic rings. The average molecular weight is 142 g/mol. The molecule has 0 aliphatic carbocycles. The van der Waals surface area contributed by atoms with E-state index in [1.165, 1.54) is 6.07 Å². The molecule has 0 saturated heterocycles. The van der Waals surface area contributed by atoms with Crippen LogP contribution in [0.4, 0.5) is 0 Å². The van der Waals surface area contributed by atoms with Gasteiger partial charge in [0.2, 0.25) is 0 Å². The highest BCUT2D eigenvalue weighted by atomic mass is 35.5. The first-order valence-corrected chi connectivity index (χ1v) is 1.99. The van der Waals surface area contributed by atoms with E-state index in [4.69, 9.17) is 33.7 Å². The molecule has 0 spiro atoms. The Morgan fingerprint density at radius 3 is 2.14 bits per heavy atom. The molecular weight excluding hydrogens is 141 g/mol. The second-order valence-corrected chi connectivity index (χ2v) is 1.98. The predicted molar refractivity (Wildman–Crippen MR) is 23.8 cm³/mol. The first-order chi connectivity index (χ1) is 3.12. The number of alkyl halides is 2. The normalized spacial score (nSPS) is 10.6. The molecule has 0 amide bonds. The summed E-state index contributed by atoms with van der Waals surface area (Å²) in [5.74, 6) is 0. The third-order valence-electron chi connectivity index (χ3n) is 0.245. The van der Waals surface area contributed by atoms with Crippen LogP contribution in [0.2, 0.25) is 0 Å². The Bertz CT molecular complexity index is 96.4. The highest BCUT2D eigenvalue weighted by Gasteiger charge is 2.23. The van der Waals surface area contributed by atoms with Gasteiger partial charge in [0.1, 0.15) is 6.07 Å². The summed E-state index contributed by atoms with van der Waals surface area (Å²) in [6.07, 6.45) is 0. The molecule has 0 rings (SSSR count). The van der Waals surface area contributed by atoms with E-state index in [1.807, 2.05) is 0 Å². The zero-order chi connectivity index (χ0) is 5.91. The van der Waals surface area contributed by atoms with Gasteiger partial charge in [0, 0.05) is 0 Å². The lowest BCUT2D eigenvalue weighted by atomic mass is 10.8. The summed E-state index contributed by atoms with van der Waals surface area (Å²) in [6.45, 7) is 0. The van der Waals surface area contributed by atoms with Crippen molar-refractivity contribution >= 4 is 23.2 Å². The molecule has 0 heterocycles. The zero-order valence-corrected chi connectivity index (χ0v) is 4.57. The molecular formula is C2HCl2NO2. The van der Waals surface area contributed by atoms with E-state index < -0.39 is 4.52 Å². The van der Waals surface area contributed by atoms with Crippen LogP contribution < -0.4 is 0 Å². The number of halogens is 2. The summed E-state index contributed by atoms with van der Waals surface area (Å²) in [7, 11) is 0. The zero-order valence-electron chi connectivity index (χ0n) is 3.06. The van der Waals surface area contributed by atoms with E-state index >= 15 is 0 Å². The van der Waals surface area contributed by atoms with Crippen LogP contribution in [-0.4, -0.2) is 9.78 Å². The third kappa shape index (κ3) is 2.66. The van der Waals surface area contributed by atoms with Crippen molar-refractivity contribution in [1.29, 1.82) is 5.26 Å². The average Bonchev–Trinajstić information content (AvgIpc) is 1.68. The maximum Gasteiger partial charge on any atom is 0.336 e. The first-order valence-electron chi connectivity index (χ1n) is 1.24. The Morgan fingerprint density at radius 1 is 1.71 bits per heavy atom. The van der Waals surface area contributed by atoms with E-state index in [0.29, 0.717) is 0 Å². The largest absolute Gasteiger partial charge is 0.336 e. The second kappa shape index (κ2) is 2.34. The minimum atomic E-state index is -2.11. The van der Waals surface area contributed by atoms with Gasteiger partial charge in [0.25, 0.3) is 0 Å². The maximum absolute atomic E-state index is 7.80. The van der Waals surface area contributed by atoms with Crippen molar-refractivity contribution < 1.29 is 10.1 Å².